The summed E-state index contributed by atoms with van der Waals surface area (Å²) in [6.07, 6.45) is 5.77. The van der Waals surface area contributed by atoms with Gasteiger partial charge >= 0.3 is 0 Å². The second-order valence-electron chi connectivity index (χ2n) is 7.68. The fraction of sp³-hybridized carbons (Fsp3) is 0.500. The first-order valence-corrected chi connectivity index (χ1v) is 9.47. The summed E-state index contributed by atoms with van der Waals surface area (Å²) < 4.78 is 0. The van der Waals surface area contributed by atoms with Crippen LogP contribution in [-0.4, -0.2) is 50.4 Å². The van der Waals surface area contributed by atoms with E-state index < -0.39 is 0 Å². The number of rotatable bonds is 3. The Kier molecular flexibility index (Phi) is 3.48. The van der Waals surface area contributed by atoms with Crippen LogP contribution in [0.4, 0.5) is 5.95 Å². The first-order valence-electron chi connectivity index (χ1n) is 9.47. The average molecular weight is 349 g/mol. The zero-order chi connectivity index (χ0) is 17.8. The Bertz CT molecular complexity index is 878. The third-order valence-electron chi connectivity index (χ3n) is 5.88. The molecule has 2 aromatic heterocycles. The van der Waals surface area contributed by atoms with E-state index in [2.05, 4.69) is 25.8 Å². The number of anilines is 1. The number of carbonyl (C=O) groups excluding carboxylic acids is 1. The molecule has 0 N–H and O–H groups in total. The highest BCUT2D eigenvalue weighted by atomic mass is 16.2. The molecule has 0 spiro atoms. The number of nitrogens with zero attached hydrogens (tertiary/aromatic N) is 5. The monoisotopic (exact) mass is 349 g/mol. The van der Waals surface area contributed by atoms with Crippen molar-refractivity contribution in [1.82, 2.24) is 19.9 Å². The van der Waals surface area contributed by atoms with E-state index in [1.807, 2.05) is 32.2 Å². The van der Waals surface area contributed by atoms with Crippen molar-refractivity contribution in [2.45, 2.75) is 57.7 Å². The molecule has 1 aliphatic carbocycles. The number of hydrogen-bond donors (Lipinski definition) is 0. The molecule has 4 heterocycles. The van der Waals surface area contributed by atoms with Crippen LogP contribution in [0.5, 0.6) is 0 Å². The van der Waals surface area contributed by atoms with Gasteiger partial charge in [-0.05, 0) is 51.3 Å². The fourth-order valence-corrected chi connectivity index (χ4v) is 4.55. The predicted octanol–water partition coefficient (Wildman–Crippen LogP) is 2.50. The van der Waals surface area contributed by atoms with Crippen LogP contribution in [0.1, 0.15) is 37.1 Å². The van der Waals surface area contributed by atoms with Gasteiger partial charge in [0.15, 0.2) is 0 Å². The van der Waals surface area contributed by atoms with Crippen LogP contribution in [0.2, 0.25) is 0 Å². The van der Waals surface area contributed by atoms with Crippen molar-refractivity contribution in [2.75, 3.05) is 11.4 Å². The molecule has 6 nitrogen and oxygen atoms in total. The van der Waals surface area contributed by atoms with Crippen LogP contribution in [0.15, 0.2) is 24.4 Å². The van der Waals surface area contributed by atoms with Crippen molar-refractivity contribution in [3.8, 4) is 11.3 Å². The zero-order valence-electron chi connectivity index (χ0n) is 15.2. The predicted molar refractivity (Wildman–Crippen MR) is 98.8 cm³/mol. The Balaban J connectivity index is 1.45. The van der Waals surface area contributed by atoms with E-state index in [0.29, 0.717) is 24.4 Å². The van der Waals surface area contributed by atoms with Gasteiger partial charge in [0.25, 0.3) is 0 Å². The number of fused-ring (bicyclic) bond motifs is 1. The van der Waals surface area contributed by atoms with Gasteiger partial charge in [0, 0.05) is 42.2 Å². The number of amides is 1. The van der Waals surface area contributed by atoms with E-state index in [1.165, 1.54) is 12.8 Å². The average Bonchev–Trinajstić information content (AvgIpc) is 3.28. The van der Waals surface area contributed by atoms with Crippen molar-refractivity contribution in [3.63, 3.8) is 0 Å². The lowest BCUT2D eigenvalue weighted by molar-refractivity contribution is -0.129. The van der Waals surface area contributed by atoms with Crippen LogP contribution in [0.25, 0.3) is 11.3 Å². The van der Waals surface area contributed by atoms with E-state index >= 15 is 0 Å². The molecular formula is C20H23N5O. The van der Waals surface area contributed by atoms with Crippen LogP contribution >= 0.6 is 0 Å². The maximum atomic E-state index is 12.5. The second kappa shape index (κ2) is 5.76. The third-order valence-corrected chi connectivity index (χ3v) is 5.88. The lowest BCUT2D eigenvalue weighted by atomic mass is 10.1. The molecule has 1 saturated carbocycles. The van der Waals surface area contributed by atoms with Gasteiger partial charge in [0.05, 0.1) is 17.8 Å². The summed E-state index contributed by atoms with van der Waals surface area (Å²) in [4.78, 5) is 30.8. The highest BCUT2D eigenvalue weighted by molar-refractivity contribution is 5.82. The number of likely N-dealkylation sites (tertiary alicyclic amines) is 1. The summed E-state index contributed by atoms with van der Waals surface area (Å²) in [6.45, 7) is 4.93. The molecule has 0 aromatic carbocycles. The van der Waals surface area contributed by atoms with E-state index in [0.717, 1.165) is 41.6 Å². The first-order chi connectivity index (χ1) is 12.6. The van der Waals surface area contributed by atoms with Crippen molar-refractivity contribution in [1.29, 1.82) is 0 Å². The lowest BCUT2D eigenvalue weighted by Gasteiger charge is -2.25. The molecule has 134 valence electrons. The number of hydrogen-bond acceptors (Lipinski definition) is 5. The molecule has 26 heavy (non-hydrogen) atoms. The minimum atomic E-state index is 0.218. The highest BCUT2D eigenvalue weighted by Crippen LogP contribution is 2.41. The molecule has 3 fully saturated rings. The summed E-state index contributed by atoms with van der Waals surface area (Å²) in [6, 6.07) is 7.07. The molecule has 2 atom stereocenters. The van der Waals surface area contributed by atoms with Gasteiger partial charge in [0.1, 0.15) is 0 Å². The first kappa shape index (κ1) is 15.7. The van der Waals surface area contributed by atoms with E-state index in [1.54, 1.807) is 0 Å². The van der Waals surface area contributed by atoms with Gasteiger partial charge in [-0.3, -0.25) is 9.78 Å². The Morgan fingerprint density at radius 3 is 2.65 bits per heavy atom. The molecule has 0 bridgehead atoms. The van der Waals surface area contributed by atoms with Gasteiger partial charge in [-0.25, -0.2) is 9.97 Å². The minimum Gasteiger partial charge on any atom is -0.335 e. The van der Waals surface area contributed by atoms with Gasteiger partial charge < -0.3 is 9.80 Å². The molecule has 6 heteroatoms. The topological polar surface area (TPSA) is 62.2 Å². The maximum absolute atomic E-state index is 12.5. The molecule has 1 amide bonds. The van der Waals surface area contributed by atoms with Crippen molar-refractivity contribution in [2.24, 2.45) is 0 Å². The van der Waals surface area contributed by atoms with Gasteiger partial charge in [-0.15, -0.1) is 0 Å². The zero-order valence-corrected chi connectivity index (χ0v) is 15.2. The standard InChI is InChI=1S/C20H23N5O/c1-12-3-6-15(13(2)22-12)16-7-9-21-20(23-16)24-10-8-17-18(24)11-19(26)25(17)14-4-5-14/h3,6-7,9,14,17-18H,4-5,8,10-11H2,1-2H3/t17-,18-/m0/s1. The highest BCUT2D eigenvalue weighted by Gasteiger charge is 2.51. The van der Waals surface area contributed by atoms with Crippen molar-refractivity contribution >= 4 is 11.9 Å². The minimum absolute atomic E-state index is 0.218. The summed E-state index contributed by atoms with van der Waals surface area (Å²) >= 11 is 0. The Labute approximate surface area is 153 Å². The van der Waals surface area contributed by atoms with Crippen LogP contribution in [0.3, 0.4) is 0 Å². The van der Waals surface area contributed by atoms with Crippen molar-refractivity contribution in [3.05, 3.63) is 35.8 Å². The summed E-state index contributed by atoms with van der Waals surface area (Å²) in [5, 5.41) is 0. The van der Waals surface area contributed by atoms with Gasteiger partial charge in [-0.2, -0.15) is 0 Å². The van der Waals surface area contributed by atoms with E-state index in [-0.39, 0.29) is 6.04 Å². The van der Waals surface area contributed by atoms with Gasteiger partial charge in [0.2, 0.25) is 11.9 Å². The summed E-state index contributed by atoms with van der Waals surface area (Å²) in [5.74, 6) is 1.04. The fourth-order valence-electron chi connectivity index (χ4n) is 4.55. The summed E-state index contributed by atoms with van der Waals surface area (Å²) in [5.41, 5.74) is 3.92. The molecule has 0 radical (unpaired) electrons. The SMILES string of the molecule is Cc1ccc(-c2ccnc(N3CC[C@H]4[C@@H]3CC(=O)N4C3CC3)n2)c(C)n1. The Morgan fingerprint density at radius 1 is 1.04 bits per heavy atom. The lowest BCUT2D eigenvalue weighted by Crippen LogP contribution is -2.39. The number of pyridine rings is 1. The number of carbonyl (C=O) groups is 1. The molecular weight excluding hydrogens is 326 g/mol. The summed E-state index contributed by atoms with van der Waals surface area (Å²) in [7, 11) is 0. The van der Waals surface area contributed by atoms with E-state index in [9.17, 15) is 4.79 Å². The van der Waals surface area contributed by atoms with Crippen LogP contribution in [-0.2, 0) is 4.79 Å². The van der Waals surface area contributed by atoms with Crippen LogP contribution < -0.4 is 4.90 Å². The van der Waals surface area contributed by atoms with E-state index in [4.69, 9.17) is 4.98 Å². The van der Waals surface area contributed by atoms with Crippen molar-refractivity contribution < 1.29 is 4.79 Å². The second-order valence-corrected chi connectivity index (χ2v) is 7.68. The number of aryl methyl sites for hydroxylation is 2. The molecule has 2 aromatic rings. The quantitative estimate of drug-likeness (QED) is 0.852. The normalized spacial score (nSPS) is 25.1. The number of aromatic nitrogens is 3. The molecule has 2 saturated heterocycles. The maximum Gasteiger partial charge on any atom is 0.226 e. The largest absolute Gasteiger partial charge is 0.335 e. The van der Waals surface area contributed by atoms with Gasteiger partial charge in [-0.1, -0.05) is 0 Å². The third kappa shape index (κ3) is 2.47. The Hall–Kier alpha value is -2.50. The molecule has 0 unspecified atom stereocenters. The smallest absolute Gasteiger partial charge is 0.226 e. The molecule has 5 rings (SSSR count). The van der Waals surface area contributed by atoms with Crippen LogP contribution in [0, 0.1) is 13.8 Å². The molecule has 3 aliphatic rings. The molecule has 2 aliphatic heterocycles. The Morgan fingerprint density at radius 2 is 1.88 bits per heavy atom.